The van der Waals surface area contributed by atoms with Crippen molar-refractivity contribution >= 4 is 44.1 Å². The van der Waals surface area contributed by atoms with Gasteiger partial charge < -0.3 is 9.64 Å². The number of hydrogen-bond acceptors (Lipinski definition) is 7. The van der Waals surface area contributed by atoms with Crippen molar-refractivity contribution in [3.05, 3.63) is 11.5 Å². The smallest absolute Gasteiger partial charge is 0.250 e. The molecule has 2 aliphatic rings. The van der Waals surface area contributed by atoms with Gasteiger partial charge in [0, 0.05) is 31.5 Å². The number of halogens is 1. The zero-order valence-corrected chi connectivity index (χ0v) is 15.8. The lowest BCUT2D eigenvalue weighted by atomic mass is 9.94. The van der Waals surface area contributed by atoms with E-state index >= 15 is 0 Å². The lowest BCUT2D eigenvalue weighted by molar-refractivity contribution is -0.115. The summed E-state index contributed by atoms with van der Waals surface area (Å²) in [4.78, 5) is 21.9. The number of nitrogens with zero attached hydrogens (tertiary/aromatic N) is 5. The van der Waals surface area contributed by atoms with E-state index in [9.17, 15) is 9.00 Å². The monoisotopic (exact) mass is 398 g/mol. The van der Waals surface area contributed by atoms with E-state index in [1.807, 2.05) is 0 Å². The van der Waals surface area contributed by atoms with Crippen LogP contribution in [0.15, 0.2) is 10.6 Å². The molecule has 9 nitrogen and oxygen atoms in total. The summed E-state index contributed by atoms with van der Waals surface area (Å²) in [5, 5.41) is 7.80. The molecule has 0 unspecified atom stereocenters. The van der Waals surface area contributed by atoms with Gasteiger partial charge in [0.25, 0.3) is 5.91 Å². The van der Waals surface area contributed by atoms with Gasteiger partial charge in [0.05, 0.1) is 33.5 Å². The average molecular weight is 399 g/mol. The molecule has 1 N–H and O–H groups in total. The van der Waals surface area contributed by atoms with E-state index in [4.69, 9.17) is 16.3 Å². The SMILES string of the molecule is CC(=O)N=S1(=O)CCC2(CC1)CN(c1nc(Cl)nc3[nH]ncc13)CCO2. The van der Waals surface area contributed by atoms with Crippen LogP contribution in [0, 0.1) is 0 Å². The molecule has 0 aromatic carbocycles. The molecule has 0 radical (unpaired) electrons. The minimum Gasteiger partial charge on any atom is -0.371 e. The second kappa shape index (κ2) is 6.43. The topological polar surface area (TPSA) is 113 Å². The number of aromatic amines is 1. The largest absolute Gasteiger partial charge is 0.371 e. The van der Waals surface area contributed by atoms with E-state index in [-0.39, 0.29) is 11.2 Å². The highest BCUT2D eigenvalue weighted by atomic mass is 35.5. The molecule has 11 heteroatoms. The molecule has 4 rings (SSSR count). The maximum absolute atomic E-state index is 12.7. The van der Waals surface area contributed by atoms with Crippen molar-refractivity contribution < 1.29 is 13.7 Å². The third-order valence-corrected chi connectivity index (χ3v) is 7.30. The summed E-state index contributed by atoms with van der Waals surface area (Å²) in [6, 6.07) is 0. The van der Waals surface area contributed by atoms with Crippen molar-refractivity contribution in [1.29, 1.82) is 0 Å². The van der Waals surface area contributed by atoms with Gasteiger partial charge in [-0.05, 0) is 24.4 Å². The van der Waals surface area contributed by atoms with Gasteiger partial charge in [-0.2, -0.15) is 19.4 Å². The van der Waals surface area contributed by atoms with Crippen LogP contribution in [0.25, 0.3) is 11.0 Å². The molecule has 2 aromatic rings. The molecule has 2 aliphatic heterocycles. The number of aromatic nitrogens is 4. The lowest BCUT2D eigenvalue weighted by Gasteiger charge is -2.45. The second-order valence-corrected chi connectivity index (χ2v) is 9.57. The average Bonchev–Trinajstić information content (AvgIpc) is 3.05. The fraction of sp³-hybridized carbons (Fsp3) is 0.600. The molecule has 1 spiro atoms. The number of anilines is 1. The summed E-state index contributed by atoms with van der Waals surface area (Å²) in [6.45, 7) is 3.15. The highest BCUT2D eigenvalue weighted by Crippen LogP contribution is 2.35. The van der Waals surface area contributed by atoms with Gasteiger partial charge in [0.1, 0.15) is 5.82 Å². The summed E-state index contributed by atoms with van der Waals surface area (Å²) in [7, 11) is -2.46. The summed E-state index contributed by atoms with van der Waals surface area (Å²) in [6.07, 6.45) is 2.86. The zero-order valence-electron chi connectivity index (χ0n) is 14.3. The van der Waals surface area contributed by atoms with Crippen LogP contribution in [0.3, 0.4) is 0 Å². The number of nitrogens with one attached hydrogen (secondary N) is 1. The maximum Gasteiger partial charge on any atom is 0.250 e. The highest BCUT2D eigenvalue weighted by Gasteiger charge is 2.42. The number of carbonyl (C=O) groups excluding carboxylic acids is 1. The van der Waals surface area contributed by atoms with Crippen molar-refractivity contribution in [2.75, 3.05) is 36.1 Å². The second-order valence-electron chi connectivity index (χ2n) is 6.69. The Bertz CT molecular complexity index is 969. The van der Waals surface area contributed by atoms with Crippen molar-refractivity contribution in [2.24, 2.45) is 4.36 Å². The van der Waals surface area contributed by atoms with Gasteiger partial charge in [-0.3, -0.25) is 9.89 Å². The van der Waals surface area contributed by atoms with Crippen molar-refractivity contribution in [3.8, 4) is 0 Å². The first-order valence-corrected chi connectivity index (χ1v) is 10.6. The van der Waals surface area contributed by atoms with E-state index < -0.39 is 15.3 Å². The molecule has 2 aromatic heterocycles. The number of morpholine rings is 1. The van der Waals surface area contributed by atoms with E-state index in [0.29, 0.717) is 49.7 Å². The quantitative estimate of drug-likeness (QED) is 0.722. The molecule has 140 valence electrons. The van der Waals surface area contributed by atoms with Crippen molar-refractivity contribution in [3.63, 3.8) is 0 Å². The number of amides is 1. The van der Waals surface area contributed by atoms with Crippen LogP contribution < -0.4 is 4.90 Å². The van der Waals surface area contributed by atoms with E-state index in [2.05, 4.69) is 29.4 Å². The first-order valence-electron chi connectivity index (χ1n) is 8.37. The predicted octanol–water partition coefficient (Wildman–Crippen LogP) is 1.39. The number of fused-ring (bicyclic) bond motifs is 1. The molecular weight excluding hydrogens is 380 g/mol. The number of carbonyl (C=O) groups is 1. The number of ether oxygens (including phenoxy) is 1. The van der Waals surface area contributed by atoms with E-state index in [1.54, 1.807) is 6.20 Å². The third kappa shape index (κ3) is 3.28. The Kier molecular flexibility index (Phi) is 4.36. The van der Waals surface area contributed by atoms with Gasteiger partial charge in [0.15, 0.2) is 5.65 Å². The first-order chi connectivity index (χ1) is 12.4. The van der Waals surface area contributed by atoms with Crippen LogP contribution in [0.2, 0.25) is 5.28 Å². The van der Waals surface area contributed by atoms with Crippen LogP contribution in [-0.2, 0) is 19.3 Å². The molecule has 26 heavy (non-hydrogen) atoms. The van der Waals surface area contributed by atoms with Gasteiger partial charge in [-0.1, -0.05) is 0 Å². The molecule has 2 fully saturated rings. The Labute approximate surface area is 155 Å². The molecule has 0 atom stereocenters. The Balaban J connectivity index is 1.60. The Morgan fingerprint density at radius 3 is 2.92 bits per heavy atom. The summed E-state index contributed by atoms with van der Waals surface area (Å²) < 4.78 is 22.6. The van der Waals surface area contributed by atoms with Gasteiger partial charge in [-0.25, -0.2) is 4.21 Å². The van der Waals surface area contributed by atoms with Gasteiger partial charge >= 0.3 is 0 Å². The minimum absolute atomic E-state index is 0.157. The molecule has 1 amide bonds. The molecule has 0 bridgehead atoms. The van der Waals surface area contributed by atoms with E-state index in [0.717, 1.165) is 11.2 Å². The first kappa shape index (κ1) is 17.6. The van der Waals surface area contributed by atoms with Gasteiger partial charge in [-0.15, -0.1) is 0 Å². The fourth-order valence-electron chi connectivity index (χ4n) is 3.61. The molecule has 4 heterocycles. The fourth-order valence-corrected chi connectivity index (χ4v) is 6.01. The summed E-state index contributed by atoms with van der Waals surface area (Å²) in [5.74, 6) is 1.07. The highest BCUT2D eigenvalue weighted by molar-refractivity contribution is 7.93. The third-order valence-electron chi connectivity index (χ3n) is 4.86. The lowest BCUT2D eigenvalue weighted by Crippen LogP contribution is -2.55. The van der Waals surface area contributed by atoms with Crippen molar-refractivity contribution in [2.45, 2.75) is 25.4 Å². The van der Waals surface area contributed by atoms with Crippen molar-refractivity contribution in [1.82, 2.24) is 20.2 Å². The Morgan fingerprint density at radius 1 is 1.42 bits per heavy atom. The number of rotatable bonds is 1. The predicted molar refractivity (Wildman–Crippen MR) is 97.8 cm³/mol. The van der Waals surface area contributed by atoms with Crippen LogP contribution in [0.4, 0.5) is 5.82 Å². The van der Waals surface area contributed by atoms with E-state index in [1.165, 1.54) is 6.92 Å². The minimum atomic E-state index is -2.46. The molecule has 0 saturated carbocycles. The maximum atomic E-state index is 12.7. The standard InChI is InChI=1S/C15H19ClN6O3S/c1-10(23)21-26(24)6-2-15(3-7-26)9-22(4-5-25-15)13-11-8-17-20-12(11)18-14(16)19-13/h8H,2-7,9H2,1H3,(H,17,18,19,20). The van der Waals surface area contributed by atoms with Crippen LogP contribution in [-0.4, -0.2) is 67.1 Å². The summed E-state index contributed by atoms with van der Waals surface area (Å²) >= 11 is 6.05. The number of H-pyrrole nitrogens is 1. The zero-order chi connectivity index (χ0) is 18.4. The van der Waals surface area contributed by atoms with Gasteiger partial charge in [0.2, 0.25) is 5.28 Å². The molecule has 0 aliphatic carbocycles. The molecule has 2 saturated heterocycles. The van der Waals surface area contributed by atoms with Crippen LogP contribution in [0.1, 0.15) is 19.8 Å². The molecular formula is C15H19ClN6O3S. The summed E-state index contributed by atoms with van der Waals surface area (Å²) in [5.41, 5.74) is 0.173. The number of hydrogen-bond donors (Lipinski definition) is 1. The Hall–Kier alpha value is -1.78. The normalized spacial score (nSPS) is 29.2. The van der Waals surface area contributed by atoms with Crippen LogP contribution in [0.5, 0.6) is 0 Å². The Morgan fingerprint density at radius 2 is 2.19 bits per heavy atom. The van der Waals surface area contributed by atoms with Crippen LogP contribution >= 0.6 is 11.6 Å².